The van der Waals surface area contributed by atoms with E-state index < -0.39 is 5.54 Å². The Hall–Kier alpha value is -7.13. The van der Waals surface area contributed by atoms with Crippen molar-refractivity contribution in [3.63, 3.8) is 0 Å². The largest absolute Gasteiger partial charge is 0.456 e. The van der Waals surface area contributed by atoms with Crippen molar-refractivity contribution in [2.75, 3.05) is 18.0 Å². The van der Waals surface area contributed by atoms with Crippen LogP contribution in [0.3, 0.4) is 0 Å². The molecule has 0 spiro atoms. The molecule has 0 aliphatic carbocycles. The summed E-state index contributed by atoms with van der Waals surface area (Å²) in [7, 11) is 0. The van der Waals surface area contributed by atoms with E-state index in [1.54, 1.807) is 0 Å². The van der Waals surface area contributed by atoms with Crippen LogP contribution in [0.2, 0.25) is 0 Å². The van der Waals surface area contributed by atoms with Gasteiger partial charge in [-0.1, -0.05) is 183 Å². The lowest BCUT2D eigenvalue weighted by molar-refractivity contribution is 0.0461. The molecular weight excluding hydrogens is 755 g/mol. The van der Waals surface area contributed by atoms with Gasteiger partial charge in [0.15, 0.2) is 17.3 Å². The number of carbonyl (C=O) groups excluding carboxylic acids is 1. The molecule has 2 aromatic heterocycles. The highest BCUT2D eigenvalue weighted by Gasteiger charge is 2.42. The number of carbonyl (C=O) groups is 1. The van der Waals surface area contributed by atoms with Crippen molar-refractivity contribution in [1.29, 1.82) is 0 Å². The van der Waals surface area contributed by atoms with E-state index in [4.69, 9.17) is 20.0 Å². The first-order valence-corrected chi connectivity index (χ1v) is 21.3. The second-order valence-corrected chi connectivity index (χ2v) is 15.6. The van der Waals surface area contributed by atoms with Gasteiger partial charge in [0.25, 0.3) is 0 Å². The SMILES string of the molecule is CCCCc1nc(N2CCCC2)c(C(=O)OCc2ccccc2)n1Cc1ccc(-c2ccccc2-c2nnnn2C(c2ccccc2)(c2ccccc2)c2ccccc2)cc1. The van der Waals surface area contributed by atoms with E-state index in [-0.39, 0.29) is 12.6 Å². The molecule has 6 aromatic carbocycles. The number of hydrogen-bond acceptors (Lipinski definition) is 7. The fourth-order valence-corrected chi connectivity index (χ4v) is 8.71. The molecule has 1 fully saturated rings. The second kappa shape index (κ2) is 18.0. The number of aryl methyl sites for hydroxylation is 1. The third kappa shape index (κ3) is 7.87. The van der Waals surface area contributed by atoms with Crippen LogP contribution in [0.25, 0.3) is 22.5 Å². The van der Waals surface area contributed by atoms with Gasteiger partial charge in [-0.15, -0.1) is 5.10 Å². The number of nitrogens with zero attached hydrogens (tertiary/aromatic N) is 7. The molecule has 0 saturated carbocycles. The van der Waals surface area contributed by atoms with Crippen LogP contribution in [0.4, 0.5) is 5.82 Å². The van der Waals surface area contributed by atoms with E-state index in [1.165, 1.54) is 0 Å². The maximum Gasteiger partial charge on any atom is 0.359 e. The zero-order chi connectivity index (χ0) is 41.4. The van der Waals surface area contributed by atoms with E-state index >= 15 is 0 Å². The summed E-state index contributed by atoms with van der Waals surface area (Å²) in [6, 6.07) is 58.1. The first-order valence-electron chi connectivity index (χ1n) is 21.3. The third-order valence-electron chi connectivity index (χ3n) is 11.7. The lowest BCUT2D eigenvalue weighted by Crippen LogP contribution is -2.39. The molecule has 0 amide bonds. The van der Waals surface area contributed by atoms with Crippen molar-refractivity contribution in [3.05, 3.63) is 209 Å². The summed E-state index contributed by atoms with van der Waals surface area (Å²) in [4.78, 5) is 21.5. The van der Waals surface area contributed by atoms with Crippen molar-refractivity contribution in [1.82, 2.24) is 29.8 Å². The minimum atomic E-state index is -0.881. The highest BCUT2D eigenvalue weighted by molar-refractivity contribution is 5.93. The van der Waals surface area contributed by atoms with E-state index in [0.717, 1.165) is 101 Å². The van der Waals surface area contributed by atoms with Gasteiger partial charge in [0.05, 0.1) is 0 Å². The molecule has 0 radical (unpaired) electrons. The number of hydrogen-bond donors (Lipinski definition) is 0. The summed E-state index contributed by atoms with van der Waals surface area (Å²) >= 11 is 0. The third-order valence-corrected chi connectivity index (χ3v) is 11.7. The molecule has 0 bridgehead atoms. The molecule has 9 heteroatoms. The number of rotatable bonds is 15. The monoisotopic (exact) mass is 803 g/mol. The summed E-state index contributed by atoms with van der Waals surface area (Å²) < 4.78 is 10.1. The van der Waals surface area contributed by atoms with Crippen molar-refractivity contribution in [3.8, 4) is 22.5 Å². The van der Waals surface area contributed by atoms with E-state index in [9.17, 15) is 4.79 Å². The summed E-state index contributed by atoms with van der Waals surface area (Å²) in [6.45, 7) is 4.63. The van der Waals surface area contributed by atoms with E-state index in [0.29, 0.717) is 18.1 Å². The van der Waals surface area contributed by atoms with Crippen LogP contribution in [0.5, 0.6) is 0 Å². The van der Waals surface area contributed by atoms with Crippen molar-refractivity contribution >= 4 is 11.8 Å². The summed E-state index contributed by atoms with van der Waals surface area (Å²) in [5.74, 6) is 1.95. The quantitative estimate of drug-likeness (QED) is 0.0753. The molecule has 1 saturated heterocycles. The van der Waals surface area contributed by atoms with Crippen molar-refractivity contribution in [2.45, 2.75) is 57.7 Å². The number of benzene rings is 6. The second-order valence-electron chi connectivity index (χ2n) is 15.6. The highest BCUT2D eigenvalue weighted by atomic mass is 16.5. The number of tetrazole rings is 1. The first kappa shape index (κ1) is 39.3. The van der Waals surface area contributed by atoms with Crippen molar-refractivity contribution < 1.29 is 9.53 Å². The minimum Gasteiger partial charge on any atom is -0.456 e. The number of esters is 1. The van der Waals surface area contributed by atoms with Crippen molar-refractivity contribution in [2.24, 2.45) is 0 Å². The highest BCUT2D eigenvalue weighted by Crippen LogP contribution is 2.43. The number of anilines is 1. The molecule has 8 aromatic rings. The fraction of sp³-hybridized carbons (Fsp3) is 0.212. The van der Waals surface area contributed by atoms with E-state index in [2.05, 4.69) is 137 Å². The van der Waals surface area contributed by atoms with Crippen LogP contribution in [-0.2, 0) is 29.8 Å². The number of unbranched alkanes of at least 4 members (excludes halogenated alkanes) is 1. The van der Waals surface area contributed by atoms with Crippen LogP contribution in [0.1, 0.15) is 76.7 Å². The molecule has 0 unspecified atom stereocenters. The molecule has 0 N–H and O–H groups in total. The Morgan fingerprint density at radius 1 is 0.656 bits per heavy atom. The maximum absolute atomic E-state index is 14.1. The first-order chi connectivity index (χ1) is 30.1. The van der Waals surface area contributed by atoms with Gasteiger partial charge in [0, 0.05) is 31.6 Å². The number of aromatic nitrogens is 6. The van der Waals surface area contributed by atoms with Gasteiger partial charge in [-0.25, -0.2) is 14.5 Å². The predicted octanol–water partition coefficient (Wildman–Crippen LogP) is 10.4. The fourth-order valence-electron chi connectivity index (χ4n) is 8.71. The lowest BCUT2D eigenvalue weighted by atomic mass is 9.77. The average molecular weight is 804 g/mol. The Morgan fingerprint density at radius 3 is 1.80 bits per heavy atom. The molecule has 1 aliphatic rings. The summed E-state index contributed by atoms with van der Waals surface area (Å²) in [5.41, 5.74) is 7.70. The van der Waals surface area contributed by atoms with Crippen LogP contribution >= 0.6 is 0 Å². The maximum atomic E-state index is 14.1. The molecular formula is C52H49N7O2. The average Bonchev–Trinajstić information content (AvgIpc) is 4.12. The zero-order valence-corrected chi connectivity index (χ0v) is 34.5. The van der Waals surface area contributed by atoms with Gasteiger partial charge in [-0.2, -0.15) is 0 Å². The van der Waals surface area contributed by atoms with E-state index in [1.807, 2.05) is 59.3 Å². The van der Waals surface area contributed by atoms with Gasteiger partial charge in [-0.3, -0.25) is 0 Å². The molecule has 0 atom stereocenters. The van der Waals surface area contributed by atoms with Crippen LogP contribution < -0.4 is 4.90 Å². The normalized spacial score (nSPS) is 12.8. The van der Waals surface area contributed by atoms with Gasteiger partial charge in [0.2, 0.25) is 0 Å². The van der Waals surface area contributed by atoms with Gasteiger partial charge >= 0.3 is 5.97 Å². The van der Waals surface area contributed by atoms with Crippen LogP contribution in [0, 0.1) is 0 Å². The summed E-state index contributed by atoms with van der Waals surface area (Å²) in [5, 5.41) is 13.9. The molecule has 3 heterocycles. The Balaban J connectivity index is 1.10. The van der Waals surface area contributed by atoms with Crippen LogP contribution in [0.15, 0.2) is 170 Å². The number of imidazole rings is 1. The molecule has 9 nitrogen and oxygen atoms in total. The Kier molecular flexibility index (Phi) is 11.6. The van der Waals surface area contributed by atoms with Gasteiger partial charge in [0.1, 0.15) is 18.0 Å². The Bertz CT molecular complexity index is 2580. The molecule has 1 aliphatic heterocycles. The summed E-state index contributed by atoms with van der Waals surface area (Å²) in [6.07, 6.45) is 4.94. The smallest absolute Gasteiger partial charge is 0.359 e. The predicted molar refractivity (Wildman–Crippen MR) is 240 cm³/mol. The Labute approximate surface area is 357 Å². The standard InChI is InChI=1S/C52H49N7O2/c1-2-3-30-47-53-50(57-35-18-19-36-57)48(51(60)61-38-40-20-8-4-9-21-40)58(47)37-39-31-33-41(34-32-39)45-28-16-17-29-46(45)49-54-55-56-59(49)52(42-22-10-5-11-23-42,43-24-12-6-13-25-43)44-26-14-7-15-27-44/h4-17,20-29,31-34H,2-3,18-19,30,35-38H2,1H3. The van der Waals surface area contributed by atoms with Gasteiger partial charge < -0.3 is 14.2 Å². The molecule has 9 rings (SSSR count). The van der Waals surface area contributed by atoms with Crippen LogP contribution in [-0.4, -0.2) is 48.8 Å². The van der Waals surface area contributed by atoms with Gasteiger partial charge in [-0.05, 0) is 68.6 Å². The topological polar surface area (TPSA) is 91.0 Å². The molecule has 304 valence electrons. The lowest BCUT2D eigenvalue weighted by Gasteiger charge is -2.36. The number of ether oxygens (including phenoxy) is 1. The molecule has 61 heavy (non-hydrogen) atoms. The Morgan fingerprint density at radius 2 is 1.21 bits per heavy atom. The minimum absolute atomic E-state index is 0.204. The zero-order valence-electron chi connectivity index (χ0n) is 34.5.